The van der Waals surface area contributed by atoms with Crippen molar-refractivity contribution in [2.24, 2.45) is 16.3 Å². The van der Waals surface area contributed by atoms with Crippen LogP contribution in [-0.4, -0.2) is 44.4 Å². The zero-order valence-electron chi connectivity index (χ0n) is 18.9. The van der Waals surface area contributed by atoms with Crippen LogP contribution in [0.2, 0.25) is 0 Å². The molecule has 0 aliphatic carbocycles. The lowest BCUT2D eigenvalue weighted by molar-refractivity contribution is 0.0278. The number of piperidine rings is 1. The average molecular weight is 434 g/mol. The monoisotopic (exact) mass is 433 g/mol. The number of fused-ring (bicyclic) bond motifs is 1. The molecule has 7 nitrogen and oxygen atoms in total. The molecule has 1 atom stereocenters. The summed E-state index contributed by atoms with van der Waals surface area (Å²) in [7, 11) is 0. The fourth-order valence-corrected chi connectivity index (χ4v) is 4.90. The summed E-state index contributed by atoms with van der Waals surface area (Å²) >= 11 is 0. The summed E-state index contributed by atoms with van der Waals surface area (Å²) in [5, 5.41) is 12.3. The minimum atomic E-state index is -0.0397. The minimum Gasteiger partial charge on any atom is -0.409 e. The molecule has 0 radical (unpaired) electrons. The number of imidazole rings is 1. The van der Waals surface area contributed by atoms with Crippen molar-refractivity contribution in [1.82, 2.24) is 14.9 Å². The zero-order valence-corrected chi connectivity index (χ0v) is 18.9. The molecule has 1 unspecified atom stereocenters. The summed E-state index contributed by atoms with van der Waals surface area (Å²) in [6, 6.07) is 11.6. The highest BCUT2D eigenvalue weighted by Gasteiger charge is 2.40. The highest BCUT2D eigenvalue weighted by Crippen LogP contribution is 2.38. The molecule has 2 heterocycles. The maximum absolute atomic E-state index is 13.6. The number of aryl methyl sites for hydroxylation is 1. The lowest BCUT2D eigenvalue weighted by Gasteiger charge is -2.47. The molecule has 7 heteroatoms. The summed E-state index contributed by atoms with van der Waals surface area (Å²) in [5.41, 5.74) is 11.2. The number of oxime groups is 1. The van der Waals surface area contributed by atoms with Gasteiger partial charge in [-0.3, -0.25) is 4.79 Å². The second kappa shape index (κ2) is 8.65. The van der Waals surface area contributed by atoms with E-state index >= 15 is 0 Å². The van der Waals surface area contributed by atoms with Gasteiger partial charge in [0.1, 0.15) is 0 Å². The number of nitrogens with zero attached hydrogens (tertiary/aromatic N) is 3. The Hall–Kier alpha value is -3.35. The smallest absolute Gasteiger partial charge is 0.254 e. The first-order valence-corrected chi connectivity index (χ1v) is 11.2. The first-order chi connectivity index (χ1) is 15.3. The third-order valence-corrected chi connectivity index (χ3v) is 6.83. The number of carbonyl (C=O) groups is 1. The molecule has 0 bridgehead atoms. The second-order valence-electron chi connectivity index (χ2n) is 9.27. The SMILES string of the molecule is CCc1ccc(/C(N)=N/O)cc1CC1N(C(=O)c2ccc3[nH]cnc3c2)CCCC1(C)C. The van der Waals surface area contributed by atoms with E-state index in [9.17, 15) is 4.79 Å². The molecule has 1 aliphatic heterocycles. The predicted molar refractivity (Wildman–Crippen MR) is 126 cm³/mol. The van der Waals surface area contributed by atoms with Gasteiger partial charge in [0.2, 0.25) is 0 Å². The summed E-state index contributed by atoms with van der Waals surface area (Å²) in [4.78, 5) is 23.1. The number of likely N-dealkylation sites (tertiary alicyclic amines) is 1. The van der Waals surface area contributed by atoms with Gasteiger partial charge >= 0.3 is 0 Å². The van der Waals surface area contributed by atoms with Gasteiger partial charge in [0.15, 0.2) is 5.84 Å². The third-order valence-electron chi connectivity index (χ3n) is 6.83. The average Bonchev–Trinajstić information content (AvgIpc) is 3.27. The molecule has 4 rings (SSSR count). The molecule has 1 aromatic heterocycles. The lowest BCUT2D eigenvalue weighted by Crippen LogP contribution is -2.53. The summed E-state index contributed by atoms with van der Waals surface area (Å²) in [6.07, 6.45) is 5.28. The summed E-state index contributed by atoms with van der Waals surface area (Å²) in [5.74, 6) is 0.135. The number of nitrogens with one attached hydrogen (secondary N) is 1. The van der Waals surface area contributed by atoms with Gasteiger partial charge in [0.05, 0.1) is 17.4 Å². The van der Waals surface area contributed by atoms with Gasteiger partial charge in [0, 0.05) is 23.7 Å². The van der Waals surface area contributed by atoms with E-state index in [0.29, 0.717) is 11.1 Å². The van der Waals surface area contributed by atoms with E-state index in [1.54, 1.807) is 6.33 Å². The van der Waals surface area contributed by atoms with Gasteiger partial charge in [-0.25, -0.2) is 4.98 Å². The molecule has 168 valence electrons. The van der Waals surface area contributed by atoms with Crippen LogP contribution in [0.5, 0.6) is 0 Å². The van der Waals surface area contributed by atoms with Crippen molar-refractivity contribution >= 4 is 22.8 Å². The van der Waals surface area contributed by atoms with E-state index < -0.39 is 0 Å². The number of hydrogen-bond acceptors (Lipinski definition) is 4. The van der Waals surface area contributed by atoms with Crippen molar-refractivity contribution in [3.05, 3.63) is 65.0 Å². The van der Waals surface area contributed by atoms with Crippen LogP contribution in [0.25, 0.3) is 11.0 Å². The largest absolute Gasteiger partial charge is 0.409 e. The van der Waals surface area contributed by atoms with E-state index in [2.05, 4.69) is 35.9 Å². The van der Waals surface area contributed by atoms with Crippen LogP contribution in [0.1, 0.15) is 60.7 Å². The highest BCUT2D eigenvalue weighted by atomic mass is 16.4. The van der Waals surface area contributed by atoms with Gasteiger partial charge in [-0.1, -0.05) is 38.1 Å². The van der Waals surface area contributed by atoms with Crippen LogP contribution < -0.4 is 5.73 Å². The van der Waals surface area contributed by atoms with Gasteiger partial charge in [-0.15, -0.1) is 0 Å². The number of rotatable bonds is 5. The molecule has 4 N–H and O–H groups in total. The summed E-state index contributed by atoms with van der Waals surface area (Å²) < 4.78 is 0. The second-order valence-corrected chi connectivity index (χ2v) is 9.27. The van der Waals surface area contributed by atoms with E-state index in [0.717, 1.165) is 48.8 Å². The molecule has 0 spiro atoms. The third kappa shape index (κ3) is 4.07. The van der Waals surface area contributed by atoms with E-state index in [4.69, 9.17) is 10.9 Å². The number of amides is 1. The van der Waals surface area contributed by atoms with Crippen LogP contribution in [0.15, 0.2) is 47.9 Å². The number of H-pyrrole nitrogens is 1. The molecule has 1 fully saturated rings. The number of nitrogens with two attached hydrogens (primary N) is 1. The van der Waals surface area contributed by atoms with Crippen LogP contribution in [0.4, 0.5) is 0 Å². The van der Waals surface area contributed by atoms with Crippen molar-refractivity contribution in [3.8, 4) is 0 Å². The molecule has 32 heavy (non-hydrogen) atoms. The normalized spacial score (nSPS) is 18.8. The molecule has 3 aromatic rings. The zero-order chi connectivity index (χ0) is 22.9. The van der Waals surface area contributed by atoms with Crippen LogP contribution in [0, 0.1) is 5.41 Å². The number of hydrogen-bond donors (Lipinski definition) is 3. The van der Waals surface area contributed by atoms with Gasteiger partial charge in [0.25, 0.3) is 5.91 Å². The minimum absolute atomic E-state index is 0.0338. The molecule has 0 saturated carbocycles. The Kier molecular flexibility index (Phi) is 5.91. The number of carbonyl (C=O) groups excluding carboxylic acids is 1. The quantitative estimate of drug-likeness (QED) is 0.244. The fourth-order valence-electron chi connectivity index (χ4n) is 4.90. The Morgan fingerprint density at radius 3 is 2.78 bits per heavy atom. The van der Waals surface area contributed by atoms with Crippen LogP contribution in [-0.2, 0) is 12.8 Å². The van der Waals surface area contributed by atoms with E-state index in [1.807, 2.05) is 41.3 Å². The Balaban J connectivity index is 1.70. The number of amidine groups is 1. The number of aromatic amines is 1. The first kappa shape index (κ1) is 21.9. The molecular formula is C25H31N5O2. The maximum atomic E-state index is 13.6. The van der Waals surface area contributed by atoms with Crippen molar-refractivity contribution in [2.75, 3.05) is 6.54 Å². The standard InChI is InChI=1S/C25H31N5O2/c1-4-16-6-7-17(23(26)29-32)12-19(16)14-22-25(2,3)10-5-11-30(22)24(31)18-8-9-20-21(13-18)28-15-27-20/h6-9,12-13,15,22,32H,4-5,10-11,14H2,1-3H3,(H2,26,29)(H,27,28). The van der Waals surface area contributed by atoms with Crippen molar-refractivity contribution in [2.45, 2.75) is 52.5 Å². The van der Waals surface area contributed by atoms with Gasteiger partial charge in [-0.2, -0.15) is 0 Å². The Morgan fingerprint density at radius 2 is 2.03 bits per heavy atom. The Labute approximate surface area is 188 Å². The molecule has 1 saturated heterocycles. The fraction of sp³-hybridized carbons (Fsp3) is 0.400. The lowest BCUT2D eigenvalue weighted by atomic mass is 9.73. The molecule has 1 amide bonds. The number of aromatic nitrogens is 2. The van der Waals surface area contributed by atoms with Gasteiger partial charge in [-0.05, 0) is 66.5 Å². The van der Waals surface area contributed by atoms with Crippen LogP contribution >= 0.6 is 0 Å². The van der Waals surface area contributed by atoms with Crippen molar-refractivity contribution in [1.29, 1.82) is 0 Å². The molecular weight excluding hydrogens is 402 g/mol. The van der Waals surface area contributed by atoms with Crippen molar-refractivity contribution in [3.63, 3.8) is 0 Å². The van der Waals surface area contributed by atoms with E-state index in [1.165, 1.54) is 5.56 Å². The molecule has 2 aromatic carbocycles. The Bertz CT molecular complexity index is 1160. The van der Waals surface area contributed by atoms with Crippen molar-refractivity contribution < 1.29 is 10.0 Å². The molecule has 1 aliphatic rings. The predicted octanol–water partition coefficient (Wildman–Crippen LogP) is 4.09. The topological polar surface area (TPSA) is 108 Å². The maximum Gasteiger partial charge on any atom is 0.254 e. The summed E-state index contributed by atoms with van der Waals surface area (Å²) in [6.45, 7) is 7.34. The number of benzene rings is 2. The van der Waals surface area contributed by atoms with Gasteiger partial charge < -0.3 is 20.8 Å². The first-order valence-electron chi connectivity index (χ1n) is 11.2. The Morgan fingerprint density at radius 1 is 1.25 bits per heavy atom. The highest BCUT2D eigenvalue weighted by molar-refractivity contribution is 5.98. The van der Waals surface area contributed by atoms with Crippen LogP contribution in [0.3, 0.4) is 0 Å². The van der Waals surface area contributed by atoms with E-state index in [-0.39, 0.29) is 23.2 Å².